The zero-order chi connectivity index (χ0) is 13.7. The van der Waals surface area contributed by atoms with Crippen LogP contribution in [0.4, 0.5) is 8.78 Å². The summed E-state index contributed by atoms with van der Waals surface area (Å²) in [6.45, 7) is 2.01. The summed E-state index contributed by atoms with van der Waals surface area (Å²) in [6.07, 6.45) is 2.37. The second-order valence-electron chi connectivity index (χ2n) is 4.91. The highest BCUT2D eigenvalue weighted by Gasteiger charge is 2.15. The number of carbonyl (C=O) groups excluding carboxylic acids is 1. The maximum atomic E-state index is 13.3. The van der Waals surface area contributed by atoms with E-state index in [1.54, 1.807) is 0 Å². The summed E-state index contributed by atoms with van der Waals surface area (Å²) < 4.78 is 26.3. The highest BCUT2D eigenvalue weighted by molar-refractivity contribution is 5.85. The lowest BCUT2D eigenvalue weighted by Gasteiger charge is -2.09. The smallest absolute Gasteiger partial charge is 0.220 e. The van der Waals surface area contributed by atoms with E-state index in [1.807, 2.05) is 0 Å². The van der Waals surface area contributed by atoms with Crippen LogP contribution in [0.5, 0.6) is 0 Å². The molecular weight excluding hydrogens is 286 g/mol. The summed E-state index contributed by atoms with van der Waals surface area (Å²) in [5.74, 6) is -0.559. The quantitative estimate of drug-likeness (QED) is 0.877. The molecule has 20 heavy (non-hydrogen) atoms. The minimum Gasteiger partial charge on any atom is -0.352 e. The molecule has 2 N–H and O–H groups in total. The molecule has 1 aliphatic rings. The minimum absolute atomic E-state index is 0. The van der Waals surface area contributed by atoms with Crippen LogP contribution in [0, 0.1) is 17.6 Å². The third-order valence-corrected chi connectivity index (χ3v) is 3.43. The van der Waals surface area contributed by atoms with E-state index in [0.717, 1.165) is 44.1 Å². The first-order valence-corrected chi connectivity index (χ1v) is 6.56. The van der Waals surface area contributed by atoms with Crippen LogP contribution in [0.25, 0.3) is 0 Å². The first kappa shape index (κ1) is 16.9. The highest BCUT2D eigenvalue weighted by atomic mass is 35.5. The number of rotatable bonds is 5. The number of halogens is 3. The molecular formula is C14H19ClF2N2O. The van der Waals surface area contributed by atoms with Gasteiger partial charge in [-0.3, -0.25) is 4.79 Å². The Kier molecular flexibility index (Phi) is 6.88. The van der Waals surface area contributed by atoms with Crippen molar-refractivity contribution in [2.75, 3.05) is 13.1 Å². The molecule has 0 saturated carbocycles. The average Bonchev–Trinajstić information content (AvgIpc) is 2.90. The number of hydrogen-bond acceptors (Lipinski definition) is 2. The Morgan fingerprint density at radius 1 is 1.40 bits per heavy atom. The minimum atomic E-state index is -0.498. The van der Waals surface area contributed by atoms with Gasteiger partial charge >= 0.3 is 0 Å². The van der Waals surface area contributed by atoms with Gasteiger partial charge in [-0.2, -0.15) is 0 Å². The van der Waals surface area contributed by atoms with Crippen LogP contribution >= 0.6 is 12.4 Å². The van der Waals surface area contributed by atoms with Crippen LogP contribution < -0.4 is 10.6 Å². The van der Waals surface area contributed by atoms with Crippen molar-refractivity contribution in [2.24, 2.45) is 5.92 Å². The molecule has 0 spiro atoms. The molecule has 0 aliphatic carbocycles. The highest BCUT2D eigenvalue weighted by Crippen LogP contribution is 2.14. The van der Waals surface area contributed by atoms with Crippen LogP contribution in [0.15, 0.2) is 18.2 Å². The van der Waals surface area contributed by atoms with Crippen LogP contribution in [0.3, 0.4) is 0 Å². The van der Waals surface area contributed by atoms with Crippen molar-refractivity contribution in [1.29, 1.82) is 0 Å². The van der Waals surface area contributed by atoms with Crippen molar-refractivity contribution in [1.82, 2.24) is 10.6 Å². The van der Waals surface area contributed by atoms with E-state index in [9.17, 15) is 13.6 Å². The van der Waals surface area contributed by atoms with Crippen molar-refractivity contribution < 1.29 is 13.6 Å². The molecule has 6 heteroatoms. The third kappa shape index (κ3) is 5.06. The summed E-state index contributed by atoms with van der Waals surface area (Å²) in [5, 5.41) is 5.87. The first-order valence-electron chi connectivity index (χ1n) is 6.56. The molecule has 112 valence electrons. The third-order valence-electron chi connectivity index (χ3n) is 3.43. The molecule has 1 fully saturated rings. The monoisotopic (exact) mass is 304 g/mol. The Morgan fingerprint density at radius 3 is 2.90 bits per heavy atom. The lowest BCUT2D eigenvalue weighted by Crippen LogP contribution is -2.24. The zero-order valence-electron chi connectivity index (χ0n) is 11.1. The van der Waals surface area contributed by atoms with Crippen LogP contribution in [0.1, 0.15) is 24.8 Å². The fourth-order valence-electron chi connectivity index (χ4n) is 2.26. The number of benzene rings is 1. The fourth-order valence-corrected chi connectivity index (χ4v) is 2.26. The standard InChI is InChI=1S/C14H18F2N2O.ClH/c15-12-2-3-13(16)11(7-12)9-18-14(19)4-1-10-5-6-17-8-10;/h2-3,7,10,17H,1,4-6,8-9H2,(H,18,19);1H. The van der Waals surface area contributed by atoms with Gasteiger partial charge in [0.25, 0.3) is 0 Å². The molecule has 1 unspecified atom stereocenters. The normalized spacial score (nSPS) is 17.6. The topological polar surface area (TPSA) is 41.1 Å². The second-order valence-corrected chi connectivity index (χ2v) is 4.91. The van der Waals surface area contributed by atoms with Gasteiger partial charge in [0.1, 0.15) is 11.6 Å². The molecule has 1 aromatic rings. The van der Waals surface area contributed by atoms with Crippen molar-refractivity contribution >= 4 is 18.3 Å². The largest absolute Gasteiger partial charge is 0.352 e. The van der Waals surface area contributed by atoms with E-state index < -0.39 is 11.6 Å². The molecule has 3 nitrogen and oxygen atoms in total. The van der Waals surface area contributed by atoms with E-state index in [1.165, 1.54) is 0 Å². The lowest BCUT2D eigenvalue weighted by molar-refractivity contribution is -0.121. The molecule has 1 aromatic carbocycles. The summed E-state index contributed by atoms with van der Waals surface area (Å²) in [4.78, 5) is 11.6. The van der Waals surface area contributed by atoms with Gasteiger partial charge in [-0.15, -0.1) is 12.4 Å². The van der Waals surface area contributed by atoms with Crippen molar-refractivity contribution in [3.63, 3.8) is 0 Å². The van der Waals surface area contributed by atoms with Crippen LogP contribution in [0.2, 0.25) is 0 Å². The summed E-state index contributed by atoms with van der Waals surface area (Å²) in [6, 6.07) is 3.24. The second kappa shape index (κ2) is 8.17. The average molecular weight is 305 g/mol. The van der Waals surface area contributed by atoms with Crippen molar-refractivity contribution in [3.05, 3.63) is 35.4 Å². The van der Waals surface area contributed by atoms with Gasteiger partial charge in [-0.25, -0.2) is 8.78 Å². The van der Waals surface area contributed by atoms with Gasteiger partial charge in [0, 0.05) is 18.5 Å². The van der Waals surface area contributed by atoms with Crippen LogP contribution in [-0.2, 0) is 11.3 Å². The van der Waals surface area contributed by atoms with Gasteiger partial charge in [-0.1, -0.05) is 0 Å². The molecule has 2 rings (SSSR count). The molecule has 1 atom stereocenters. The van der Waals surface area contributed by atoms with Crippen LogP contribution in [-0.4, -0.2) is 19.0 Å². The zero-order valence-corrected chi connectivity index (χ0v) is 11.9. The number of carbonyl (C=O) groups is 1. The van der Waals surface area contributed by atoms with Gasteiger partial charge < -0.3 is 10.6 Å². The molecule has 1 saturated heterocycles. The fraction of sp³-hybridized carbons (Fsp3) is 0.500. The van der Waals surface area contributed by atoms with E-state index in [-0.39, 0.29) is 30.4 Å². The van der Waals surface area contributed by atoms with E-state index >= 15 is 0 Å². The summed E-state index contributed by atoms with van der Waals surface area (Å²) in [7, 11) is 0. The first-order chi connectivity index (χ1) is 9.15. The van der Waals surface area contributed by atoms with E-state index in [4.69, 9.17) is 0 Å². The Hall–Kier alpha value is -1.20. The molecule has 0 bridgehead atoms. The maximum absolute atomic E-state index is 13.3. The van der Waals surface area contributed by atoms with E-state index in [0.29, 0.717) is 12.3 Å². The SMILES string of the molecule is Cl.O=C(CCC1CCNC1)NCc1cc(F)ccc1F. The molecule has 0 radical (unpaired) electrons. The predicted molar refractivity (Wildman–Crippen MR) is 75.7 cm³/mol. The molecule has 0 aromatic heterocycles. The summed E-state index contributed by atoms with van der Waals surface area (Å²) >= 11 is 0. The van der Waals surface area contributed by atoms with Gasteiger partial charge in [-0.05, 0) is 50.0 Å². The van der Waals surface area contributed by atoms with Crippen molar-refractivity contribution in [2.45, 2.75) is 25.8 Å². The molecule has 1 amide bonds. The Morgan fingerprint density at radius 2 is 2.20 bits per heavy atom. The van der Waals surface area contributed by atoms with Crippen molar-refractivity contribution in [3.8, 4) is 0 Å². The van der Waals surface area contributed by atoms with Gasteiger partial charge in [0.15, 0.2) is 0 Å². The predicted octanol–water partition coefficient (Wildman–Crippen LogP) is 2.39. The van der Waals surface area contributed by atoms with E-state index in [2.05, 4.69) is 10.6 Å². The maximum Gasteiger partial charge on any atom is 0.220 e. The lowest BCUT2D eigenvalue weighted by atomic mass is 10.0. The van der Waals surface area contributed by atoms with Gasteiger partial charge in [0.2, 0.25) is 5.91 Å². The molecule has 1 aliphatic heterocycles. The Balaban J connectivity index is 0.00000200. The number of amides is 1. The number of nitrogens with one attached hydrogen (secondary N) is 2. The molecule has 1 heterocycles. The van der Waals surface area contributed by atoms with Gasteiger partial charge in [0.05, 0.1) is 0 Å². The summed E-state index contributed by atoms with van der Waals surface area (Å²) in [5.41, 5.74) is 0.177. The Bertz CT molecular complexity index is 451. The Labute approximate surface area is 123 Å². The number of hydrogen-bond donors (Lipinski definition) is 2.